The molecule has 0 aromatic heterocycles. The van der Waals surface area contributed by atoms with Gasteiger partial charge in [0.2, 0.25) is 0 Å². The van der Waals surface area contributed by atoms with Gasteiger partial charge in [-0.3, -0.25) is 4.90 Å². The molecule has 5 heteroatoms. The monoisotopic (exact) mass is 226 g/mol. The van der Waals surface area contributed by atoms with Crippen molar-refractivity contribution in [1.82, 2.24) is 10.2 Å². The van der Waals surface area contributed by atoms with Crippen LogP contribution in [0.3, 0.4) is 0 Å². The highest BCUT2D eigenvalue weighted by atomic mass is 19.4. The van der Waals surface area contributed by atoms with E-state index in [2.05, 4.69) is 19.2 Å². The van der Waals surface area contributed by atoms with Crippen LogP contribution in [0.25, 0.3) is 0 Å². The minimum atomic E-state index is -4.09. The van der Waals surface area contributed by atoms with Gasteiger partial charge in [-0.25, -0.2) is 0 Å². The van der Waals surface area contributed by atoms with Gasteiger partial charge in [-0.05, 0) is 19.5 Å². The average Bonchev–Trinajstić information content (AvgIpc) is 2.09. The zero-order chi connectivity index (χ0) is 11.9. The first-order valence-electron chi connectivity index (χ1n) is 5.31. The van der Waals surface area contributed by atoms with Crippen molar-refractivity contribution in [3.05, 3.63) is 0 Å². The Morgan fingerprint density at radius 2 is 1.93 bits per heavy atom. The maximum Gasteiger partial charge on any atom is 0.401 e. The highest BCUT2D eigenvalue weighted by Gasteiger charge is 2.28. The van der Waals surface area contributed by atoms with E-state index in [1.807, 2.05) is 0 Å². The molecular formula is C10H21F3N2. The van der Waals surface area contributed by atoms with Crippen molar-refractivity contribution >= 4 is 0 Å². The third kappa shape index (κ3) is 10.0. The van der Waals surface area contributed by atoms with Crippen LogP contribution in [0, 0.1) is 5.92 Å². The summed E-state index contributed by atoms with van der Waals surface area (Å²) in [6, 6.07) is 0. The predicted molar refractivity (Wildman–Crippen MR) is 55.9 cm³/mol. The summed E-state index contributed by atoms with van der Waals surface area (Å²) >= 11 is 0. The van der Waals surface area contributed by atoms with Crippen LogP contribution in [-0.2, 0) is 0 Å². The number of rotatable bonds is 7. The summed E-state index contributed by atoms with van der Waals surface area (Å²) in [7, 11) is 1.48. The maximum atomic E-state index is 11.9. The van der Waals surface area contributed by atoms with Crippen molar-refractivity contribution in [1.29, 1.82) is 0 Å². The molecule has 0 amide bonds. The van der Waals surface area contributed by atoms with Gasteiger partial charge in [0.1, 0.15) is 0 Å². The van der Waals surface area contributed by atoms with Crippen LogP contribution in [0.4, 0.5) is 13.2 Å². The molecule has 0 aromatic rings. The Bertz CT molecular complexity index is 159. The quantitative estimate of drug-likeness (QED) is 0.669. The summed E-state index contributed by atoms with van der Waals surface area (Å²) in [6.07, 6.45) is -3.00. The van der Waals surface area contributed by atoms with Crippen LogP contribution in [0.1, 0.15) is 20.3 Å². The molecule has 0 heterocycles. The van der Waals surface area contributed by atoms with E-state index in [9.17, 15) is 13.2 Å². The van der Waals surface area contributed by atoms with Crippen molar-refractivity contribution < 1.29 is 13.2 Å². The number of hydrogen-bond donors (Lipinski definition) is 1. The van der Waals surface area contributed by atoms with E-state index < -0.39 is 12.7 Å². The summed E-state index contributed by atoms with van der Waals surface area (Å²) in [6.45, 7) is 5.29. The zero-order valence-electron chi connectivity index (χ0n) is 9.69. The molecule has 0 aliphatic rings. The van der Waals surface area contributed by atoms with E-state index >= 15 is 0 Å². The first-order valence-corrected chi connectivity index (χ1v) is 5.31. The van der Waals surface area contributed by atoms with Crippen molar-refractivity contribution in [2.75, 3.05) is 33.2 Å². The number of likely N-dealkylation sites (N-methyl/N-ethyl adjacent to an activating group) is 1. The van der Waals surface area contributed by atoms with Crippen LogP contribution in [-0.4, -0.2) is 44.3 Å². The van der Waals surface area contributed by atoms with Crippen LogP contribution < -0.4 is 5.32 Å². The Balaban J connectivity index is 3.43. The molecule has 0 spiro atoms. The van der Waals surface area contributed by atoms with Gasteiger partial charge >= 0.3 is 6.18 Å². The maximum absolute atomic E-state index is 11.9. The number of halogens is 3. The number of nitrogens with one attached hydrogen (secondary N) is 1. The molecule has 0 aliphatic heterocycles. The van der Waals surface area contributed by atoms with Crippen LogP contribution in [0.2, 0.25) is 0 Å². The van der Waals surface area contributed by atoms with Crippen molar-refractivity contribution in [2.24, 2.45) is 5.92 Å². The van der Waals surface area contributed by atoms with E-state index in [0.29, 0.717) is 19.0 Å². The topological polar surface area (TPSA) is 15.3 Å². The first-order chi connectivity index (χ1) is 6.85. The van der Waals surface area contributed by atoms with E-state index in [4.69, 9.17) is 0 Å². The van der Waals surface area contributed by atoms with Gasteiger partial charge in [0.15, 0.2) is 0 Å². The molecule has 15 heavy (non-hydrogen) atoms. The lowest BCUT2D eigenvalue weighted by Crippen LogP contribution is -2.36. The Labute approximate surface area is 89.8 Å². The van der Waals surface area contributed by atoms with Crippen LogP contribution in [0.15, 0.2) is 0 Å². The Kier molecular flexibility index (Phi) is 6.92. The molecule has 0 saturated heterocycles. The molecule has 92 valence electrons. The van der Waals surface area contributed by atoms with Gasteiger partial charge < -0.3 is 5.32 Å². The molecule has 0 radical (unpaired) electrons. The molecule has 0 rings (SSSR count). The van der Waals surface area contributed by atoms with Crippen LogP contribution in [0.5, 0.6) is 0 Å². The lowest BCUT2D eigenvalue weighted by Gasteiger charge is -2.19. The van der Waals surface area contributed by atoms with Crippen LogP contribution >= 0.6 is 0 Å². The number of hydrogen-bond acceptors (Lipinski definition) is 2. The molecule has 2 nitrogen and oxygen atoms in total. The second-order valence-electron chi connectivity index (χ2n) is 4.07. The summed E-state index contributed by atoms with van der Waals surface area (Å²) in [5, 5.41) is 3.14. The second-order valence-corrected chi connectivity index (χ2v) is 4.07. The number of alkyl halides is 3. The van der Waals surface area contributed by atoms with E-state index in [0.717, 1.165) is 13.0 Å². The Morgan fingerprint density at radius 3 is 2.40 bits per heavy atom. The average molecular weight is 226 g/mol. The minimum Gasteiger partial charge on any atom is -0.315 e. The highest BCUT2D eigenvalue weighted by molar-refractivity contribution is 4.61. The number of nitrogens with zero attached hydrogens (tertiary/aromatic N) is 1. The largest absolute Gasteiger partial charge is 0.401 e. The summed E-state index contributed by atoms with van der Waals surface area (Å²) in [5.74, 6) is 0.581. The third-order valence-corrected chi connectivity index (χ3v) is 2.31. The van der Waals surface area contributed by atoms with Gasteiger partial charge in [-0.15, -0.1) is 0 Å². The van der Waals surface area contributed by atoms with Gasteiger partial charge in [0.25, 0.3) is 0 Å². The normalized spacial score (nSPS) is 14.6. The van der Waals surface area contributed by atoms with Gasteiger partial charge in [-0.2, -0.15) is 13.2 Å². The van der Waals surface area contributed by atoms with Gasteiger partial charge in [0, 0.05) is 13.1 Å². The fourth-order valence-corrected chi connectivity index (χ4v) is 1.15. The molecule has 0 bridgehead atoms. The van der Waals surface area contributed by atoms with Gasteiger partial charge in [0.05, 0.1) is 6.54 Å². The third-order valence-electron chi connectivity index (χ3n) is 2.31. The van der Waals surface area contributed by atoms with E-state index in [-0.39, 0.29) is 0 Å². The van der Waals surface area contributed by atoms with Crippen molar-refractivity contribution in [3.63, 3.8) is 0 Å². The Hall–Kier alpha value is -0.290. The molecule has 0 fully saturated rings. The molecule has 0 aliphatic carbocycles. The Morgan fingerprint density at radius 1 is 1.33 bits per heavy atom. The zero-order valence-corrected chi connectivity index (χ0v) is 9.69. The van der Waals surface area contributed by atoms with Crippen molar-refractivity contribution in [3.8, 4) is 0 Å². The molecule has 1 atom stereocenters. The fourth-order valence-electron chi connectivity index (χ4n) is 1.15. The lowest BCUT2D eigenvalue weighted by molar-refractivity contribution is -0.142. The minimum absolute atomic E-state index is 0.427. The first kappa shape index (κ1) is 14.7. The van der Waals surface area contributed by atoms with E-state index in [1.54, 1.807) is 0 Å². The molecular weight excluding hydrogens is 205 g/mol. The molecule has 0 saturated carbocycles. The summed E-state index contributed by atoms with van der Waals surface area (Å²) in [5.41, 5.74) is 0. The lowest BCUT2D eigenvalue weighted by atomic mass is 10.1. The highest BCUT2D eigenvalue weighted by Crippen LogP contribution is 2.14. The standard InChI is InChI=1S/C10H21F3N2/c1-4-9(2)7-14-5-6-15(3)8-10(11,12)13/h9,14H,4-8H2,1-3H3. The van der Waals surface area contributed by atoms with E-state index in [1.165, 1.54) is 11.9 Å². The van der Waals surface area contributed by atoms with Gasteiger partial charge in [-0.1, -0.05) is 20.3 Å². The molecule has 1 N–H and O–H groups in total. The molecule has 0 aromatic carbocycles. The molecule has 1 unspecified atom stereocenters. The SMILES string of the molecule is CCC(C)CNCCN(C)CC(F)(F)F. The fraction of sp³-hybridized carbons (Fsp3) is 1.00. The summed E-state index contributed by atoms with van der Waals surface area (Å²) < 4.78 is 35.8. The smallest absolute Gasteiger partial charge is 0.315 e. The predicted octanol–water partition coefficient (Wildman–Crippen LogP) is 2.12. The summed E-state index contributed by atoms with van der Waals surface area (Å²) in [4.78, 5) is 1.28. The second kappa shape index (κ2) is 7.06. The van der Waals surface area contributed by atoms with Crippen molar-refractivity contribution in [2.45, 2.75) is 26.4 Å².